The number of unbranched alkanes of at least 4 members (excludes halogenated alkanes) is 15. The van der Waals surface area contributed by atoms with Crippen molar-refractivity contribution < 1.29 is 52.7 Å². The molecule has 2 aromatic rings. The summed E-state index contributed by atoms with van der Waals surface area (Å²) in [7, 11) is 0. The van der Waals surface area contributed by atoms with E-state index in [2.05, 4.69) is 71.4 Å². The fourth-order valence-corrected chi connectivity index (χ4v) is 6.30. The maximum atomic E-state index is 13.4. The van der Waals surface area contributed by atoms with Crippen LogP contribution in [0.2, 0.25) is 0 Å². The lowest BCUT2D eigenvalue weighted by atomic mass is 10.1. The third-order valence-corrected chi connectivity index (χ3v) is 9.56. The van der Waals surface area contributed by atoms with Gasteiger partial charge in [-0.05, 0) is 38.5 Å². The summed E-state index contributed by atoms with van der Waals surface area (Å²) in [6.07, 6.45) is 32.2. The first-order valence-corrected chi connectivity index (χ1v) is 20.1. The third-order valence-electron chi connectivity index (χ3n) is 9.56. The minimum atomic E-state index is 0. The van der Waals surface area contributed by atoms with Gasteiger partial charge in [0.25, 0.3) is 11.8 Å². The molecule has 0 N–H and O–H groups in total. The van der Waals surface area contributed by atoms with Crippen LogP contribution >= 0.6 is 0 Å². The molecule has 0 unspecified atom stereocenters. The first-order valence-electron chi connectivity index (χ1n) is 20.1. The van der Waals surface area contributed by atoms with Gasteiger partial charge in [0, 0.05) is 63.3 Å². The molecule has 2 aromatic heterocycles. The van der Waals surface area contributed by atoms with Crippen LogP contribution in [0.5, 0.6) is 0 Å². The van der Waals surface area contributed by atoms with Crippen molar-refractivity contribution in [2.24, 2.45) is 0 Å². The average molecular weight is 825 g/mol. The van der Waals surface area contributed by atoms with Gasteiger partial charge >= 0.3 is 0 Å². The maximum Gasteiger partial charge on any atom is 0.254 e. The lowest BCUT2D eigenvalue weighted by molar-refractivity contribution is -0.697. The molecule has 0 aliphatic rings. The standard InChI is InChI=1S/C42H72N4O2.2BrH/c1-5-9-13-15-17-21-29-43-35-25-39(26-36-43)41(47)45(31-11-7-3)33-23-19-20-24-34-46(32-12-8-4)42(48)40-27-37-44(38-28-40)30-22-18-16-14-10-6-2;;/h25-28,35-38H,5-24,29-34H2,1-4H3;2*1H/q+2;;/p-2. The first-order chi connectivity index (χ1) is 23.5. The number of hydrogen-bond donors (Lipinski definition) is 0. The van der Waals surface area contributed by atoms with Gasteiger partial charge in [-0.2, -0.15) is 0 Å². The Morgan fingerprint density at radius 2 is 0.700 bits per heavy atom. The van der Waals surface area contributed by atoms with Gasteiger partial charge in [0.15, 0.2) is 24.8 Å². The normalized spacial score (nSPS) is 10.7. The van der Waals surface area contributed by atoms with Crippen LogP contribution in [0, 0.1) is 0 Å². The quantitative estimate of drug-likeness (QED) is 0.0929. The van der Waals surface area contributed by atoms with Crippen molar-refractivity contribution in [2.45, 2.75) is 169 Å². The molecule has 2 amide bonds. The van der Waals surface area contributed by atoms with Gasteiger partial charge in [0.05, 0.1) is 11.1 Å². The van der Waals surface area contributed by atoms with E-state index in [0.717, 1.165) is 102 Å². The molecule has 0 fully saturated rings. The first kappa shape index (κ1) is 48.2. The number of carbonyl (C=O) groups excluding carboxylic acids is 2. The second-order valence-electron chi connectivity index (χ2n) is 13.9. The molecule has 6 nitrogen and oxygen atoms in total. The zero-order valence-corrected chi connectivity index (χ0v) is 35.5. The third kappa shape index (κ3) is 20.9. The summed E-state index contributed by atoms with van der Waals surface area (Å²) in [5.74, 6) is 0.310. The number of nitrogens with zero attached hydrogens (tertiary/aromatic N) is 4. The smallest absolute Gasteiger partial charge is 0.254 e. The van der Waals surface area contributed by atoms with Crippen LogP contribution in [0.4, 0.5) is 0 Å². The lowest BCUT2D eigenvalue weighted by Gasteiger charge is -2.23. The summed E-state index contributed by atoms with van der Waals surface area (Å²) < 4.78 is 4.43. The Labute approximate surface area is 328 Å². The van der Waals surface area contributed by atoms with Gasteiger partial charge in [0.1, 0.15) is 13.1 Å². The van der Waals surface area contributed by atoms with Gasteiger partial charge in [-0.3, -0.25) is 9.59 Å². The highest BCUT2D eigenvalue weighted by atomic mass is 79.9. The topological polar surface area (TPSA) is 48.4 Å². The fourth-order valence-electron chi connectivity index (χ4n) is 6.30. The van der Waals surface area contributed by atoms with E-state index in [1.54, 1.807) is 0 Å². The van der Waals surface area contributed by atoms with Crippen molar-refractivity contribution in [2.75, 3.05) is 26.2 Å². The van der Waals surface area contributed by atoms with Crippen LogP contribution < -0.4 is 43.1 Å². The predicted octanol–water partition coefficient (Wildman–Crippen LogP) is 3.74. The number of pyridine rings is 2. The summed E-state index contributed by atoms with van der Waals surface area (Å²) in [4.78, 5) is 31.0. The van der Waals surface area contributed by atoms with E-state index in [1.165, 1.54) is 77.0 Å². The number of hydrogen-bond acceptors (Lipinski definition) is 2. The molecule has 0 spiro atoms. The van der Waals surface area contributed by atoms with Gasteiger partial charge in [-0.1, -0.05) is 105 Å². The van der Waals surface area contributed by atoms with Crippen molar-refractivity contribution >= 4 is 11.8 Å². The van der Waals surface area contributed by atoms with Crippen LogP contribution in [0.25, 0.3) is 0 Å². The number of aromatic nitrogens is 2. The number of amides is 2. The summed E-state index contributed by atoms with van der Waals surface area (Å²) >= 11 is 0. The summed E-state index contributed by atoms with van der Waals surface area (Å²) in [5, 5.41) is 0. The zero-order chi connectivity index (χ0) is 34.7. The second-order valence-corrected chi connectivity index (χ2v) is 13.9. The Hall–Kier alpha value is -1.80. The highest BCUT2D eigenvalue weighted by Crippen LogP contribution is 2.12. The Kier molecular flexibility index (Phi) is 30.7. The van der Waals surface area contributed by atoms with Crippen molar-refractivity contribution in [3.8, 4) is 0 Å². The molecule has 0 aromatic carbocycles. The molecule has 0 saturated carbocycles. The number of carbonyl (C=O) groups is 2. The molecule has 50 heavy (non-hydrogen) atoms. The molecule has 0 atom stereocenters. The molecule has 0 saturated heterocycles. The second kappa shape index (κ2) is 31.9. The maximum absolute atomic E-state index is 13.4. The number of aryl methyl sites for hydroxylation is 2. The Morgan fingerprint density at radius 1 is 0.420 bits per heavy atom. The molecule has 2 heterocycles. The Balaban J connectivity index is 0.0000120. The van der Waals surface area contributed by atoms with E-state index in [4.69, 9.17) is 0 Å². The zero-order valence-electron chi connectivity index (χ0n) is 32.4. The minimum absolute atomic E-state index is 0. The van der Waals surface area contributed by atoms with E-state index >= 15 is 0 Å². The Bertz CT molecular complexity index is 1010. The van der Waals surface area contributed by atoms with Crippen molar-refractivity contribution in [3.05, 3.63) is 60.2 Å². The molecular weight excluding hydrogens is 752 g/mol. The van der Waals surface area contributed by atoms with Gasteiger partial charge in [-0.25, -0.2) is 9.13 Å². The fraction of sp³-hybridized carbons (Fsp3) is 0.714. The lowest BCUT2D eigenvalue weighted by Crippen LogP contribution is -3.00. The van der Waals surface area contributed by atoms with Crippen molar-refractivity contribution in [1.29, 1.82) is 0 Å². The van der Waals surface area contributed by atoms with E-state index in [-0.39, 0.29) is 45.8 Å². The highest BCUT2D eigenvalue weighted by Gasteiger charge is 2.18. The molecule has 2 rings (SSSR count). The monoisotopic (exact) mass is 822 g/mol. The van der Waals surface area contributed by atoms with Gasteiger partial charge < -0.3 is 43.8 Å². The predicted molar refractivity (Wildman–Crippen MR) is 200 cm³/mol. The van der Waals surface area contributed by atoms with Crippen molar-refractivity contribution in [1.82, 2.24) is 9.80 Å². The summed E-state index contributed by atoms with van der Waals surface area (Å²) in [6.45, 7) is 14.2. The van der Waals surface area contributed by atoms with E-state index < -0.39 is 0 Å². The molecular formula is C42H72Br2N4O2. The number of halogens is 2. The van der Waals surface area contributed by atoms with E-state index in [0.29, 0.717) is 0 Å². The number of rotatable bonds is 29. The van der Waals surface area contributed by atoms with Gasteiger partial charge in [-0.15, -0.1) is 0 Å². The SMILES string of the molecule is CCCCCCCC[n+]1ccc(C(=O)N(CCCC)CCCCCCN(CCCC)C(=O)c2cc[n+](CCCCCCCC)cc2)cc1.[Br-].[Br-]. The minimum Gasteiger partial charge on any atom is -1.00 e. The molecule has 0 bridgehead atoms. The van der Waals surface area contributed by atoms with Crippen LogP contribution in [0.1, 0.15) is 177 Å². The van der Waals surface area contributed by atoms with E-state index in [9.17, 15) is 9.59 Å². The van der Waals surface area contributed by atoms with Gasteiger partial charge in [0.2, 0.25) is 0 Å². The molecule has 286 valence electrons. The summed E-state index contributed by atoms with van der Waals surface area (Å²) in [6, 6.07) is 8.01. The molecule has 0 aliphatic heterocycles. The van der Waals surface area contributed by atoms with Crippen LogP contribution in [0.3, 0.4) is 0 Å². The molecule has 0 aliphatic carbocycles. The molecule has 0 radical (unpaired) electrons. The average Bonchev–Trinajstić information content (AvgIpc) is 3.11. The highest BCUT2D eigenvalue weighted by molar-refractivity contribution is 5.94. The van der Waals surface area contributed by atoms with E-state index in [1.807, 2.05) is 24.3 Å². The van der Waals surface area contributed by atoms with Crippen molar-refractivity contribution in [3.63, 3.8) is 0 Å². The summed E-state index contributed by atoms with van der Waals surface area (Å²) in [5.41, 5.74) is 1.59. The largest absolute Gasteiger partial charge is 1.00 e. The van der Waals surface area contributed by atoms with Crippen LogP contribution in [0.15, 0.2) is 49.1 Å². The van der Waals surface area contributed by atoms with Crippen LogP contribution in [-0.4, -0.2) is 47.8 Å². The Morgan fingerprint density at radius 3 is 1.04 bits per heavy atom. The van der Waals surface area contributed by atoms with Crippen LogP contribution in [-0.2, 0) is 13.1 Å². The molecule has 8 heteroatoms.